The molecule has 1 aliphatic carbocycles. The molecule has 43 heavy (non-hydrogen) atoms. The Hall–Kier alpha value is -3.02. The molecule has 5 aromatic rings. The van der Waals surface area contributed by atoms with Gasteiger partial charge in [0, 0.05) is 0 Å². The van der Waals surface area contributed by atoms with E-state index in [0.717, 1.165) is 0 Å². The number of hydrogen-bond donors (Lipinski definition) is 0. The molecule has 0 fully saturated rings. The summed E-state index contributed by atoms with van der Waals surface area (Å²) in [6, 6.07) is 36.7. The zero-order chi connectivity index (χ0) is 31.1. The minimum atomic E-state index is 0.562. The van der Waals surface area contributed by atoms with E-state index in [9.17, 15) is 0 Å². The van der Waals surface area contributed by atoms with Crippen LogP contribution in [0, 0.1) is 43.6 Å². The molecule has 1 aliphatic rings. The molecule has 0 N–H and O–H groups in total. The first-order valence-corrected chi connectivity index (χ1v) is 16.9. The van der Waals surface area contributed by atoms with E-state index in [2.05, 4.69) is 171 Å². The average molecular weight is 642 g/mol. The topological polar surface area (TPSA) is 0 Å². The van der Waals surface area contributed by atoms with Crippen LogP contribution < -0.4 is 0 Å². The SMILES string of the molecule is CC(C)C1=C(C(C)C)C(C(C)C)[C-]=C1.Cc1ccc2c(c1)[cH-]c1cc(C)ccc12.[Zr+2]=[C](c1ccccc1)c1ccccc1. The molecule has 1 unspecified atom stereocenters. The van der Waals surface area contributed by atoms with Crippen LogP contribution in [0.15, 0.2) is 120 Å². The summed E-state index contributed by atoms with van der Waals surface area (Å²) < 4.78 is 1.42. The summed E-state index contributed by atoms with van der Waals surface area (Å²) in [6.45, 7) is 18.0. The van der Waals surface area contributed by atoms with Crippen molar-refractivity contribution < 1.29 is 24.2 Å². The van der Waals surface area contributed by atoms with Crippen molar-refractivity contribution in [3.8, 4) is 0 Å². The summed E-state index contributed by atoms with van der Waals surface area (Å²) in [7, 11) is 0. The van der Waals surface area contributed by atoms with Crippen LogP contribution >= 0.6 is 0 Å². The van der Waals surface area contributed by atoms with Gasteiger partial charge in [-0.3, -0.25) is 6.08 Å². The monoisotopic (exact) mass is 640 g/mol. The molecule has 0 radical (unpaired) electrons. The average Bonchev–Trinajstić information content (AvgIpc) is 3.60. The molecular formula is C42H46Zr. The molecule has 0 heterocycles. The van der Waals surface area contributed by atoms with Gasteiger partial charge in [-0.15, -0.1) is 39.7 Å². The second-order valence-corrected chi connectivity index (χ2v) is 13.9. The fourth-order valence-electron chi connectivity index (χ4n) is 5.91. The maximum atomic E-state index is 3.52. The predicted octanol–water partition coefficient (Wildman–Crippen LogP) is 11.4. The normalized spacial score (nSPS) is 14.4. The molecule has 0 amide bonds. The van der Waals surface area contributed by atoms with E-state index in [1.807, 2.05) is 0 Å². The molecule has 0 bridgehead atoms. The number of hydrogen-bond acceptors (Lipinski definition) is 0. The molecule has 0 saturated heterocycles. The quantitative estimate of drug-likeness (QED) is 0.168. The van der Waals surface area contributed by atoms with Gasteiger partial charge in [-0.2, -0.15) is 11.1 Å². The van der Waals surface area contributed by atoms with E-state index >= 15 is 0 Å². The van der Waals surface area contributed by atoms with E-state index in [4.69, 9.17) is 0 Å². The van der Waals surface area contributed by atoms with E-state index in [1.165, 1.54) is 76.8 Å². The molecule has 0 nitrogen and oxygen atoms in total. The molecular weight excluding hydrogens is 596 g/mol. The van der Waals surface area contributed by atoms with Gasteiger partial charge in [-0.25, -0.2) is 6.08 Å². The second kappa shape index (κ2) is 15.1. The standard InChI is InChI=1S/C15H13.C14H23.C13H10.Zr/c1-10-3-5-14-12(7-10)9-13-8-11(2)4-6-15(13)14;1-9(2)12-7-8-13(10(3)4)14(12)11(5)6;1-3-7-12(8-4-1)11-13-9-5-2-6-10-13;/h3-9H,1-2H3;7,9-11,13H,1-6H3;1-10H;/q2*-1;;+2. The predicted molar refractivity (Wildman–Crippen MR) is 185 cm³/mol. The van der Waals surface area contributed by atoms with E-state index in [-0.39, 0.29) is 0 Å². The van der Waals surface area contributed by atoms with E-state index in [0.29, 0.717) is 23.7 Å². The van der Waals surface area contributed by atoms with Crippen molar-refractivity contribution in [1.82, 2.24) is 0 Å². The van der Waals surface area contributed by atoms with Gasteiger partial charge in [0.15, 0.2) is 0 Å². The summed E-state index contributed by atoms with van der Waals surface area (Å²) >= 11 is 1.46. The Balaban J connectivity index is 0.000000148. The van der Waals surface area contributed by atoms with Crippen LogP contribution in [0.2, 0.25) is 0 Å². The van der Waals surface area contributed by atoms with E-state index in [1.54, 1.807) is 5.57 Å². The van der Waals surface area contributed by atoms with Gasteiger partial charge in [-0.1, -0.05) is 94.7 Å². The number of benzene rings is 4. The van der Waals surface area contributed by atoms with Gasteiger partial charge in [0.1, 0.15) is 0 Å². The third-order valence-corrected chi connectivity index (χ3v) is 9.56. The summed E-state index contributed by atoms with van der Waals surface area (Å²) in [6.07, 6.45) is 5.75. The van der Waals surface area contributed by atoms with Crippen LogP contribution in [0.25, 0.3) is 21.5 Å². The van der Waals surface area contributed by atoms with Crippen molar-refractivity contribution in [2.75, 3.05) is 0 Å². The third kappa shape index (κ3) is 8.33. The summed E-state index contributed by atoms with van der Waals surface area (Å²) in [5.74, 6) is 2.54. The Bertz CT molecular complexity index is 1610. The number of allylic oxidation sites excluding steroid dienone is 4. The van der Waals surface area contributed by atoms with Gasteiger partial charge in [-0.05, 0) is 19.8 Å². The Morgan fingerprint density at radius 1 is 0.651 bits per heavy atom. The van der Waals surface area contributed by atoms with Crippen molar-refractivity contribution in [3.63, 3.8) is 0 Å². The fourth-order valence-corrected chi connectivity index (χ4v) is 6.73. The van der Waals surface area contributed by atoms with Crippen molar-refractivity contribution >= 4 is 24.8 Å². The molecule has 0 aliphatic heterocycles. The molecule has 0 aromatic heterocycles. The van der Waals surface area contributed by atoms with Gasteiger partial charge in [0.2, 0.25) is 0 Å². The summed E-state index contributed by atoms with van der Waals surface area (Å²) in [4.78, 5) is 0. The molecule has 1 atom stereocenters. The number of aryl methyl sites for hydroxylation is 2. The van der Waals surface area contributed by atoms with Crippen LogP contribution in [0.5, 0.6) is 0 Å². The number of rotatable bonds is 5. The molecule has 218 valence electrons. The van der Waals surface area contributed by atoms with Crippen LogP contribution in [0.4, 0.5) is 0 Å². The van der Waals surface area contributed by atoms with Gasteiger partial charge in [0.05, 0.1) is 0 Å². The van der Waals surface area contributed by atoms with Gasteiger partial charge < -0.3 is 0 Å². The Morgan fingerprint density at radius 3 is 1.51 bits per heavy atom. The van der Waals surface area contributed by atoms with Crippen molar-refractivity contribution in [2.45, 2.75) is 55.4 Å². The van der Waals surface area contributed by atoms with E-state index < -0.39 is 0 Å². The first-order valence-electron chi connectivity index (χ1n) is 15.7. The van der Waals surface area contributed by atoms with Crippen molar-refractivity contribution in [2.24, 2.45) is 23.7 Å². The zero-order valence-corrected chi connectivity index (χ0v) is 29.7. The Morgan fingerprint density at radius 2 is 1.12 bits per heavy atom. The van der Waals surface area contributed by atoms with Gasteiger partial charge >= 0.3 is 99.2 Å². The van der Waals surface area contributed by atoms with Crippen LogP contribution in [-0.2, 0) is 24.2 Å². The molecule has 1 heteroatoms. The molecule has 0 saturated carbocycles. The molecule has 5 aromatic carbocycles. The third-order valence-electron chi connectivity index (χ3n) is 8.14. The van der Waals surface area contributed by atoms with Crippen LogP contribution in [-0.4, -0.2) is 3.21 Å². The van der Waals surface area contributed by atoms with Crippen molar-refractivity contribution in [1.29, 1.82) is 0 Å². The van der Waals surface area contributed by atoms with Gasteiger partial charge in [0.25, 0.3) is 0 Å². The molecule has 0 spiro atoms. The fraction of sp³-hybridized carbons (Fsp3) is 0.286. The Kier molecular flexibility index (Phi) is 11.6. The van der Waals surface area contributed by atoms with Crippen LogP contribution in [0.1, 0.15) is 63.8 Å². The second-order valence-electron chi connectivity index (χ2n) is 12.7. The van der Waals surface area contributed by atoms with Crippen molar-refractivity contribution in [3.05, 3.63) is 149 Å². The minimum absolute atomic E-state index is 0.562. The Labute approximate surface area is 275 Å². The number of fused-ring (bicyclic) bond motifs is 3. The summed E-state index contributed by atoms with van der Waals surface area (Å²) in [5.41, 5.74) is 8.46. The summed E-state index contributed by atoms with van der Waals surface area (Å²) in [5, 5.41) is 5.46. The first kappa shape index (κ1) is 32.9. The maximum absolute atomic E-state index is 3.52. The molecule has 6 rings (SSSR count). The first-order chi connectivity index (χ1) is 20.6. The van der Waals surface area contributed by atoms with Crippen LogP contribution in [0.3, 0.4) is 0 Å². The zero-order valence-electron chi connectivity index (χ0n) is 27.2.